The Morgan fingerprint density at radius 1 is 0.923 bits per heavy atom. The number of esters is 1. The third-order valence-electron chi connectivity index (χ3n) is 3.48. The van der Waals surface area contributed by atoms with E-state index in [0.717, 1.165) is 11.1 Å². The molecule has 5 nitrogen and oxygen atoms in total. The maximum atomic E-state index is 12.0. The quantitative estimate of drug-likeness (QED) is 0.792. The maximum absolute atomic E-state index is 12.0. The number of rotatable bonds is 6. The molecule has 2 aromatic carbocycles. The first-order valence-electron chi connectivity index (χ1n) is 8.60. The summed E-state index contributed by atoms with van der Waals surface area (Å²) in [6, 6.07) is 16.7. The second kappa shape index (κ2) is 9.04. The van der Waals surface area contributed by atoms with Gasteiger partial charge in [0.2, 0.25) is 0 Å². The summed E-state index contributed by atoms with van der Waals surface area (Å²) < 4.78 is 10.5. The van der Waals surface area contributed by atoms with Crippen LogP contribution in [0, 0.1) is 0 Å². The van der Waals surface area contributed by atoms with Gasteiger partial charge in [0.25, 0.3) is 0 Å². The molecular weight excluding hydrogens is 330 g/mol. The van der Waals surface area contributed by atoms with Gasteiger partial charge in [-0.1, -0.05) is 42.5 Å². The summed E-state index contributed by atoms with van der Waals surface area (Å²) >= 11 is 0. The standard InChI is InChI=1S/C21H25NO4/c1-21(2,3)26-19(23)18-11-9-16(10-12-18)13-14-22-20(24)25-15-17-7-5-4-6-8-17/h4-12H,13-15H2,1-3H3,(H,22,24). The predicted octanol–water partition coefficient (Wildman–Crippen LogP) is 4.11. The number of amides is 1. The van der Waals surface area contributed by atoms with Gasteiger partial charge in [0.1, 0.15) is 12.2 Å². The number of benzene rings is 2. The third-order valence-corrected chi connectivity index (χ3v) is 3.48. The molecule has 0 saturated carbocycles. The van der Waals surface area contributed by atoms with Gasteiger partial charge in [-0.15, -0.1) is 0 Å². The largest absolute Gasteiger partial charge is 0.456 e. The Morgan fingerprint density at radius 3 is 2.19 bits per heavy atom. The van der Waals surface area contributed by atoms with Crippen LogP contribution >= 0.6 is 0 Å². The van der Waals surface area contributed by atoms with Crippen LogP contribution in [0.2, 0.25) is 0 Å². The smallest absolute Gasteiger partial charge is 0.407 e. The Bertz CT molecular complexity index is 718. The molecule has 0 aromatic heterocycles. The van der Waals surface area contributed by atoms with Gasteiger partial charge in [0.15, 0.2) is 0 Å². The number of hydrogen-bond acceptors (Lipinski definition) is 4. The van der Waals surface area contributed by atoms with E-state index < -0.39 is 11.7 Å². The minimum atomic E-state index is -0.514. The van der Waals surface area contributed by atoms with Crippen molar-refractivity contribution in [1.29, 1.82) is 0 Å². The monoisotopic (exact) mass is 355 g/mol. The van der Waals surface area contributed by atoms with Crippen LogP contribution in [0.5, 0.6) is 0 Å². The lowest BCUT2D eigenvalue weighted by atomic mass is 10.1. The zero-order valence-electron chi connectivity index (χ0n) is 15.5. The summed E-state index contributed by atoms with van der Waals surface area (Å²) in [4.78, 5) is 23.7. The Balaban J connectivity index is 1.72. The molecule has 5 heteroatoms. The van der Waals surface area contributed by atoms with Gasteiger partial charge in [0, 0.05) is 6.54 Å². The van der Waals surface area contributed by atoms with E-state index in [1.807, 2.05) is 63.2 Å². The summed E-state index contributed by atoms with van der Waals surface area (Å²) in [5, 5.41) is 2.72. The van der Waals surface area contributed by atoms with Crippen molar-refractivity contribution >= 4 is 12.1 Å². The van der Waals surface area contributed by atoms with Crippen molar-refractivity contribution in [3.05, 3.63) is 71.3 Å². The Morgan fingerprint density at radius 2 is 1.58 bits per heavy atom. The fourth-order valence-electron chi connectivity index (χ4n) is 2.23. The molecule has 0 aliphatic heterocycles. The minimum absolute atomic E-state index is 0.247. The Labute approximate surface area is 154 Å². The number of carbonyl (C=O) groups is 2. The molecule has 1 amide bonds. The molecule has 0 saturated heterocycles. The lowest BCUT2D eigenvalue weighted by Gasteiger charge is -2.19. The second-order valence-electron chi connectivity index (χ2n) is 6.94. The van der Waals surface area contributed by atoms with E-state index in [1.54, 1.807) is 12.1 Å². The van der Waals surface area contributed by atoms with Crippen molar-refractivity contribution in [3.8, 4) is 0 Å². The van der Waals surface area contributed by atoms with Gasteiger partial charge in [-0.3, -0.25) is 0 Å². The number of ether oxygens (including phenoxy) is 2. The highest BCUT2D eigenvalue weighted by molar-refractivity contribution is 5.89. The van der Waals surface area contributed by atoms with Gasteiger partial charge in [-0.25, -0.2) is 9.59 Å². The highest BCUT2D eigenvalue weighted by Gasteiger charge is 2.17. The van der Waals surface area contributed by atoms with Crippen molar-refractivity contribution in [2.24, 2.45) is 0 Å². The van der Waals surface area contributed by atoms with E-state index in [9.17, 15) is 9.59 Å². The minimum Gasteiger partial charge on any atom is -0.456 e. The zero-order valence-corrected chi connectivity index (χ0v) is 15.5. The van der Waals surface area contributed by atoms with Crippen molar-refractivity contribution in [2.45, 2.75) is 39.4 Å². The molecule has 0 aliphatic rings. The molecule has 0 atom stereocenters. The molecule has 0 unspecified atom stereocenters. The van der Waals surface area contributed by atoms with Gasteiger partial charge >= 0.3 is 12.1 Å². The number of alkyl carbamates (subject to hydrolysis) is 1. The molecule has 0 spiro atoms. The highest BCUT2D eigenvalue weighted by Crippen LogP contribution is 2.13. The van der Waals surface area contributed by atoms with Crippen molar-refractivity contribution in [2.75, 3.05) is 6.54 Å². The van der Waals surface area contributed by atoms with Gasteiger partial charge in [-0.05, 0) is 50.5 Å². The predicted molar refractivity (Wildman–Crippen MR) is 99.9 cm³/mol. The van der Waals surface area contributed by atoms with Crippen molar-refractivity contribution < 1.29 is 19.1 Å². The van der Waals surface area contributed by atoms with E-state index in [4.69, 9.17) is 9.47 Å². The highest BCUT2D eigenvalue weighted by atomic mass is 16.6. The molecule has 0 radical (unpaired) electrons. The first-order valence-corrected chi connectivity index (χ1v) is 8.60. The van der Waals surface area contributed by atoms with Crippen LogP contribution in [0.15, 0.2) is 54.6 Å². The molecule has 0 aliphatic carbocycles. The Kier molecular flexibility index (Phi) is 6.78. The van der Waals surface area contributed by atoms with Gasteiger partial charge < -0.3 is 14.8 Å². The average molecular weight is 355 g/mol. The summed E-state index contributed by atoms with van der Waals surface area (Å²) in [7, 11) is 0. The van der Waals surface area contributed by atoms with E-state index >= 15 is 0 Å². The molecule has 26 heavy (non-hydrogen) atoms. The molecule has 0 heterocycles. The summed E-state index contributed by atoms with van der Waals surface area (Å²) in [5.74, 6) is -0.341. The SMILES string of the molecule is CC(C)(C)OC(=O)c1ccc(CCNC(=O)OCc2ccccc2)cc1. The normalized spacial score (nSPS) is 10.9. The lowest BCUT2D eigenvalue weighted by Crippen LogP contribution is -2.26. The van der Waals surface area contributed by atoms with Crippen molar-refractivity contribution in [1.82, 2.24) is 5.32 Å². The fraction of sp³-hybridized carbons (Fsp3) is 0.333. The van der Waals surface area contributed by atoms with Crippen LogP contribution in [0.25, 0.3) is 0 Å². The molecule has 138 valence electrons. The van der Waals surface area contributed by atoms with Crippen molar-refractivity contribution in [3.63, 3.8) is 0 Å². The number of nitrogens with one attached hydrogen (secondary N) is 1. The Hall–Kier alpha value is -2.82. The van der Waals surface area contributed by atoms with Crippen LogP contribution in [-0.2, 0) is 22.5 Å². The van der Waals surface area contributed by atoms with E-state index in [2.05, 4.69) is 5.32 Å². The number of hydrogen-bond donors (Lipinski definition) is 1. The molecule has 0 fully saturated rings. The average Bonchev–Trinajstić information content (AvgIpc) is 2.60. The zero-order chi connectivity index (χ0) is 19.0. The van der Waals surface area contributed by atoms with Gasteiger partial charge in [0.05, 0.1) is 5.56 Å². The first-order chi connectivity index (χ1) is 12.3. The maximum Gasteiger partial charge on any atom is 0.407 e. The summed E-state index contributed by atoms with van der Waals surface area (Å²) in [6.07, 6.45) is 0.203. The van der Waals surface area contributed by atoms with Gasteiger partial charge in [-0.2, -0.15) is 0 Å². The van der Waals surface area contributed by atoms with E-state index in [1.165, 1.54) is 0 Å². The molecule has 0 bridgehead atoms. The molecule has 1 N–H and O–H groups in total. The second-order valence-corrected chi connectivity index (χ2v) is 6.94. The molecule has 2 rings (SSSR count). The van der Waals surface area contributed by atoms with E-state index in [-0.39, 0.29) is 12.6 Å². The van der Waals surface area contributed by atoms with Crippen LogP contribution in [0.1, 0.15) is 42.3 Å². The lowest BCUT2D eigenvalue weighted by molar-refractivity contribution is 0.00695. The topological polar surface area (TPSA) is 64.6 Å². The van der Waals surface area contributed by atoms with Crippen LogP contribution in [0.3, 0.4) is 0 Å². The summed E-state index contributed by atoms with van der Waals surface area (Å²) in [6.45, 7) is 6.21. The molecule has 2 aromatic rings. The number of carbonyl (C=O) groups excluding carboxylic acids is 2. The van der Waals surface area contributed by atoms with Crippen LogP contribution in [0.4, 0.5) is 4.79 Å². The third kappa shape index (κ3) is 6.97. The van der Waals surface area contributed by atoms with Crippen LogP contribution in [-0.4, -0.2) is 24.2 Å². The molecular formula is C21H25NO4. The van der Waals surface area contributed by atoms with Crippen LogP contribution < -0.4 is 5.32 Å². The first kappa shape index (κ1) is 19.5. The van der Waals surface area contributed by atoms with E-state index in [0.29, 0.717) is 18.5 Å². The fourth-order valence-corrected chi connectivity index (χ4v) is 2.23. The summed E-state index contributed by atoms with van der Waals surface area (Å²) in [5.41, 5.74) is 1.96.